The second-order valence-electron chi connectivity index (χ2n) is 8.35. The van der Waals surface area contributed by atoms with Gasteiger partial charge in [0.2, 0.25) is 0 Å². The van der Waals surface area contributed by atoms with Gasteiger partial charge in [-0.15, -0.1) is 0 Å². The monoisotopic (exact) mass is 546 g/mol. The van der Waals surface area contributed by atoms with Crippen molar-refractivity contribution < 1.29 is 19.1 Å². The van der Waals surface area contributed by atoms with E-state index in [1.54, 1.807) is 60.0 Å². The molecule has 6 nitrogen and oxygen atoms in total. The van der Waals surface area contributed by atoms with Crippen molar-refractivity contribution in [3.63, 3.8) is 0 Å². The maximum absolute atomic E-state index is 13.1. The molecule has 0 aromatic heterocycles. The molecule has 0 bridgehead atoms. The van der Waals surface area contributed by atoms with Gasteiger partial charge in [-0.1, -0.05) is 46.4 Å². The van der Waals surface area contributed by atoms with Crippen molar-refractivity contribution in [2.45, 2.75) is 52.0 Å². The van der Waals surface area contributed by atoms with Crippen LogP contribution in [0.25, 0.3) is 0 Å². The van der Waals surface area contributed by atoms with Gasteiger partial charge < -0.3 is 19.3 Å². The summed E-state index contributed by atoms with van der Waals surface area (Å²) in [6.45, 7) is 7.87. The number of halogens is 4. The molecule has 0 N–H and O–H groups in total. The summed E-state index contributed by atoms with van der Waals surface area (Å²) in [5.74, 6) is 0.394. The fourth-order valence-corrected chi connectivity index (χ4v) is 4.74. The Hall–Kier alpha value is -1.86. The first-order chi connectivity index (χ1) is 16.0. The summed E-state index contributed by atoms with van der Waals surface area (Å²) < 4.78 is 11.6. The Morgan fingerprint density at radius 3 is 1.44 bits per heavy atom. The number of nitrogens with zero attached hydrogens (tertiary/aromatic N) is 2. The minimum atomic E-state index is -0.759. The molecule has 2 amide bonds. The largest absolute Gasteiger partial charge is 0.479 e. The molecule has 34 heavy (non-hydrogen) atoms. The third-order valence-electron chi connectivity index (χ3n) is 5.64. The number of amides is 2. The highest BCUT2D eigenvalue weighted by molar-refractivity contribution is 6.36. The molecule has 2 aromatic carbocycles. The van der Waals surface area contributed by atoms with Crippen LogP contribution in [0.2, 0.25) is 20.1 Å². The zero-order valence-corrected chi connectivity index (χ0v) is 22.3. The van der Waals surface area contributed by atoms with Crippen molar-refractivity contribution in [3.8, 4) is 11.5 Å². The first-order valence-corrected chi connectivity index (χ1v) is 12.3. The van der Waals surface area contributed by atoms with Gasteiger partial charge >= 0.3 is 0 Å². The van der Waals surface area contributed by atoms with Crippen LogP contribution < -0.4 is 9.47 Å². The van der Waals surface area contributed by atoms with Gasteiger partial charge in [0.15, 0.2) is 12.2 Å². The lowest BCUT2D eigenvalue weighted by Gasteiger charge is -2.45. The van der Waals surface area contributed by atoms with E-state index in [-0.39, 0.29) is 23.9 Å². The van der Waals surface area contributed by atoms with Crippen LogP contribution >= 0.6 is 46.4 Å². The number of carbonyl (C=O) groups excluding carboxylic acids is 2. The number of rotatable bonds is 6. The zero-order valence-electron chi connectivity index (χ0n) is 19.2. The molecule has 1 saturated heterocycles. The van der Waals surface area contributed by atoms with Gasteiger partial charge in [0, 0.05) is 35.2 Å². The van der Waals surface area contributed by atoms with Crippen LogP contribution in [-0.2, 0) is 9.59 Å². The van der Waals surface area contributed by atoms with Crippen LogP contribution in [0.5, 0.6) is 11.5 Å². The average Bonchev–Trinajstić information content (AvgIpc) is 2.77. The summed E-state index contributed by atoms with van der Waals surface area (Å²) in [6.07, 6.45) is -1.52. The van der Waals surface area contributed by atoms with Crippen molar-refractivity contribution in [1.29, 1.82) is 0 Å². The van der Waals surface area contributed by atoms with Crippen molar-refractivity contribution in [2.75, 3.05) is 13.1 Å². The molecule has 1 fully saturated rings. The molecular weight excluding hydrogens is 522 g/mol. The molecule has 1 heterocycles. The molecule has 4 atom stereocenters. The van der Waals surface area contributed by atoms with Crippen LogP contribution in [-0.4, -0.2) is 59.0 Å². The lowest BCUT2D eigenvalue weighted by Crippen LogP contribution is -2.62. The number of ether oxygens (including phenoxy) is 2. The predicted molar refractivity (Wildman–Crippen MR) is 135 cm³/mol. The van der Waals surface area contributed by atoms with Gasteiger partial charge in [-0.05, 0) is 64.1 Å². The van der Waals surface area contributed by atoms with E-state index in [9.17, 15) is 9.59 Å². The molecule has 0 saturated carbocycles. The maximum Gasteiger partial charge on any atom is 0.263 e. The van der Waals surface area contributed by atoms with E-state index in [1.165, 1.54) is 0 Å². The first-order valence-electron chi connectivity index (χ1n) is 10.8. The van der Waals surface area contributed by atoms with E-state index in [0.717, 1.165) is 0 Å². The minimum Gasteiger partial charge on any atom is -0.479 e. The van der Waals surface area contributed by atoms with E-state index in [1.807, 2.05) is 13.8 Å². The van der Waals surface area contributed by atoms with E-state index in [2.05, 4.69) is 0 Å². The second kappa shape index (κ2) is 11.3. The standard InChI is InChI=1S/C24H26Cl4N2O4/c1-13-11-30(24(32)16(4)34-22-8-6-18(26)10-20(22)28)14(2)12-29(13)23(31)15(3)33-21-7-5-17(25)9-19(21)27/h5-10,13-16H,11-12H2,1-4H3. The van der Waals surface area contributed by atoms with Crippen LogP contribution in [0.3, 0.4) is 0 Å². The molecule has 3 rings (SSSR count). The number of carbonyl (C=O) groups is 2. The SMILES string of the molecule is CC(Oc1ccc(Cl)cc1Cl)C(=O)N1CC(C)N(C(=O)C(C)Oc2ccc(Cl)cc2Cl)CC1C. The number of piperazine rings is 1. The van der Waals surface area contributed by atoms with E-state index in [0.29, 0.717) is 44.7 Å². The topological polar surface area (TPSA) is 59.1 Å². The molecule has 1 aliphatic rings. The van der Waals surface area contributed by atoms with E-state index >= 15 is 0 Å². The van der Waals surface area contributed by atoms with Crippen molar-refractivity contribution in [2.24, 2.45) is 0 Å². The zero-order chi connectivity index (χ0) is 25.2. The average molecular weight is 548 g/mol. The van der Waals surface area contributed by atoms with Crippen LogP contribution in [0.1, 0.15) is 27.7 Å². The Bertz CT molecular complexity index is 984. The number of benzene rings is 2. The molecule has 0 aliphatic carbocycles. The second-order valence-corrected chi connectivity index (χ2v) is 10.0. The Balaban J connectivity index is 1.63. The van der Waals surface area contributed by atoms with Crippen LogP contribution in [0, 0.1) is 0 Å². The third kappa shape index (κ3) is 6.22. The van der Waals surface area contributed by atoms with Gasteiger partial charge in [0.1, 0.15) is 11.5 Å². The molecule has 184 valence electrons. The third-order valence-corrected chi connectivity index (χ3v) is 6.70. The molecule has 0 spiro atoms. The van der Waals surface area contributed by atoms with Gasteiger partial charge in [0.25, 0.3) is 11.8 Å². The summed E-state index contributed by atoms with van der Waals surface area (Å²) in [7, 11) is 0. The first kappa shape index (κ1) is 26.7. The highest BCUT2D eigenvalue weighted by Gasteiger charge is 2.38. The minimum absolute atomic E-state index is 0.185. The number of hydrogen-bond donors (Lipinski definition) is 0. The van der Waals surface area contributed by atoms with E-state index in [4.69, 9.17) is 55.9 Å². The lowest BCUT2D eigenvalue weighted by atomic mass is 10.1. The highest BCUT2D eigenvalue weighted by Crippen LogP contribution is 2.30. The summed E-state index contributed by atoms with van der Waals surface area (Å²) in [5.41, 5.74) is 0. The molecule has 1 aliphatic heterocycles. The predicted octanol–water partition coefficient (Wildman–Crippen LogP) is 5.98. The Morgan fingerprint density at radius 1 is 0.765 bits per heavy atom. The normalized spacial score (nSPS) is 20.0. The smallest absolute Gasteiger partial charge is 0.263 e. The maximum atomic E-state index is 13.1. The molecule has 4 unspecified atom stereocenters. The summed E-state index contributed by atoms with van der Waals surface area (Å²) >= 11 is 24.2. The number of hydrogen-bond acceptors (Lipinski definition) is 4. The Morgan fingerprint density at radius 2 is 1.12 bits per heavy atom. The molecular formula is C24H26Cl4N2O4. The van der Waals surface area contributed by atoms with Gasteiger partial charge in [-0.2, -0.15) is 0 Å². The van der Waals surface area contributed by atoms with Crippen molar-refractivity contribution in [3.05, 3.63) is 56.5 Å². The van der Waals surface area contributed by atoms with Gasteiger partial charge in [-0.3, -0.25) is 9.59 Å². The van der Waals surface area contributed by atoms with Crippen LogP contribution in [0.15, 0.2) is 36.4 Å². The van der Waals surface area contributed by atoms with Crippen LogP contribution in [0.4, 0.5) is 0 Å². The van der Waals surface area contributed by atoms with Crippen molar-refractivity contribution in [1.82, 2.24) is 9.80 Å². The summed E-state index contributed by atoms with van der Waals surface area (Å²) in [4.78, 5) is 29.7. The Kier molecular flexibility index (Phi) is 8.85. The lowest BCUT2D eigenvalue weighted by molar-refractivity contribution is -0.152. The van der Waals surface area contributed by atoms with E-state index < -0.39 is 12.2 Å². The van der Waals surface area contributed by atoms with Crippen molar-refractivity contribution >= 4 is 58.2 Å². The quantitative estimate of drug-likeness (QED) is 0.446. The highest BCUT2D eigenvalue weighted by atomic mass is 35.5. The molecule has 2 aromatic rings. The summed E-state index contributed by atoms with van der Waals surface area (Å²) in [5, 5.41) is 1.63. The van der Waals surface area contributed by atoms with Gasteiger partial charge in [0.05, 0.1) is 10.0 Å². The fraction of sp³-hybridized carbons (Fsp3) is 0.417. The summed E-state index contributed by atoms with van der Waals surface area (Å²) in [6, 6.07) is 9.24. The fourth-order valence-electron chi connectivity index (χ4n) is 3.83. The molecule has 10 heteroatoms. The molecule has 0 radical (unpaired) electrons. The van der Waals surface area contributed by atoms with Gasteiger partial charge in [-0.25, -0.2) is 0 Å². The Labute approximate surface area is 219 Å².